The number of nitro groups is 1. The van der Waals surface area contributed by atoms with Crippen LogP contribution in [0.25, 0.3) is 0 Å². The Morgan fingerprint density at radius 2 is 2.15 bits per heavy atom. The molecular weight excluding hydrogens is 350 g/mol. The molecule has 2 aromatic rings. The van der Waals surface area contributed by atoms with Crippen LogP contribution in [0.5, 0.6) is 5.75 Å². The number of nitrogens with one attached hydrogen (secondary N) is 1. The van der Waals surface area contributed by atoms with Gasteiger partial charge in [-0.1, -0.05) is 12.8 Å². The van der Waals surface area contributed by atoms with Gasteiger partial charge in [-0.2, -0.15) is 0 Å². The molecule has 8 heteroatoms. The molecule has 0 radical (unpaired) electrons. The number of benzene rings is 1. The van der Waals surface area contributed by atoms with Crippen molar-refractivity contribution in [1.29, 1.82) is 0 Å². The summed E-state index contributed by atoms with van der Waals surface area (Å²) in [5, 5.41) is 14.0. The van der Waals surface area contributed by atoms with Crippen LogP contribution in [-0.4, -0.2) is 35.4 Å². The van der Waals surface area contributed by atoms with Crippen LogP contribution in [0.3, 0.4) is 0 Å². The first kappa shape index (κ1) is 18.9. The summed E-state index contributed by atoms with van der Waals surface area (Å²) in [4.78, 5) is 25.4. The Hall–Kier alpha value is -2.87. The fraction of sp³-hybridized carbons (Fsp3) is 0.421. The molecule has 0 spiro atoms. The second-order valence-corrected chi connectivity index (χ2v) is 6.61. The zero-order chi connectivity index (χ0) is 19.2. The molecule has 27 heavy (non-hydrogen) atoms. The molecule has 1 aliphatic rings. The smallest absolute Gasteiger partial charge is 0.296 e. The number of nitrogens with zero attached hydrogens (tertiary/aromatic N) is 2. The highest BCUT2D eigenvalue weighted by Gasteiger charge is 2.26. The number of ether oxygens (including phenoxy) is 1. The first-order valence-electron chi connectivity index (χ1n) is 8.95. The van der Waals surface area contributed by atoms with Crippen molar-refractivity contribution >= 4 is 17.3 Å². The normalized spacial score (nSPS) is 14.4. The van der Waals surface area contributed by atoms with Crippen LogP contribution in [-0.2, 0) is 11.3 Å². The largest absolute Gasteiger partial charge is 0.496 e. The molecule has 0 unspecified atom stereocenters. The maximum atomic E-state index is 12.6. The van der Waals surface area contributed by atoms with E-state index in [4.69, 9.17) is 9.15 Å². The average Bonchev–Trinajstić information content (AvgIpc) is 3.35. The quantitative estimate of drug-likeness (QED) is 0.561. The zero-order valence-corrected chi connectivity index (χ0v) is 15.2. The predicted octanol–water partition coefficient (Wildman–Crippen LogP) is 3.58. The van der Waals surface area contributed by atoms with Crippen LogP contribution < -0.4 is 10.1 Å². The number of methoxy groups -OCH3 is 1. The third kappa shape index (κ3) is 4.85. The van der Waals surface area contributed by atoms with Crippen LogP contribution in [0.2, 0.25) is 0 Å². The van der Waals surface area contributed by atoms with Crippen LogP contribution >= 0.6 is 0 Å². The molecular formula is C19H23N3O5. The molecule has 1 amide bonds. The number of rotatable bonds is 8. The molecule has 3 rings (SSSR count). The van der Waals surface area contributed by atoms with Gasteiger partial charge in [0, 0.05) is 6.04 Å². The van der Waals surface area contributed by atoms with E-state index in [0.717, 1.165) is 31.4 Å². The van der Waals surface area contributed by atoms with Crippen molar-refractivity contribution in [2.24, 2.45) is 0 Å². The number of hydrogen-bond donors (Lipinski definition) is 1. The van der Waals surface area contributed by atoms with Gasteiger partial charge in [0.2, 0.25) is 5.91 Å². The minimum Gasteiger partial charge on any atom is -0.496 e. The lowest BCUT2D eigenvalue weighted by Gasteiger charge is -2.27. The first-order valence-corrected chi connectivity index (χ1v) is 8.95. The van der Waals surface area contributed by atoms with E-state index in [9.17, 15) is 14.9 Å². The number of carbonyl (C=O) groups excluding carboxylic acids is 1. The summed E-state index contributed by atoms with van der Waals surface area (Å²) in [7, 11) is 1.44. The fourth-order valence-electron chi connectivity index (χ4n) is 3.46. The maximum Gasteiger partial charge on any atom is 0.296 e. The van der Waals surface area contributed by atoms with E-state index in [2.05, 4.69) is 10.2 Å². The van der Waals surface area contributed by atoms with Gasteiger partial charge in [-0.05, 0) is 37.1 Å². The summed E-state index contributed by atoms with van der Waals surface area (Å²) in [6.45, 7) is 0.685. The number of anilines is 1. The summed E-state index contributed by atoms with van der Waals surface area (Å²) >= 11 is 0. The fourth-order valence-corrected chi connectivity index (χ4v) is 3.46. The van der Waals surface area contributed by atoms with Crippen molar-refractivity contribution in [2.45, 2.75) is 38.3 Å². The van der Waals surface area contributed by atoms with Gasteiger partial charge in [0.05, 0.1) is 37.5 Å². The number of carbonyl (C=O) groups is 1. The van der Waals surface area contributed by atoms with Crippen molar-refractivity contribution in [3.63, 3.8) is 0 Å². The van der Waals surface area contributed by atoms with Crippen molar-refractivity contribution in [3.05, 3.63) is 52.5 Å². The molecule has 1 aromatic heterocycles. The monoisotopic (exact) mass is 373 g/mol. The second-order valence-electron chi connectivity index (χ2n) is 6.61. The van der Waals surface area contributed by atoms with Gasteiger partial charge in [-0.25, -0.2) is 0 Å². The topological polar surface area (TPSA) is 97.8 Å². The third-order valence-electron chi connectivity index (χ3n) is 4.80. The van der Waals surface area contributed by atoms with Crippen molar-refractivity contribution in [1.82, 2.24) is 4.90 Å². The molecule has 1 fully saturated rings. The average molecular weight is 373 g/mol. The van der Waals surface area contributed by atoms with Crippen molar-refractivity contribution in [3.8, 4) is 5.75 Å². The van der Waals surface area contributed by atoms with Crippen LogP contribution in [0, 0.1) is 10.1 Å². The van der Waals surface area contributed by atoms with E-state index in [1.165, 1.54) is 19.2 Å². The molecule has 1 N–H and O–H groups in total. The Labute approximate surface area is 157 Å². The lowest BCUT2D eigenvalue weighted by atomic mass is 10.2. The first-order chi connectivity index (χ1) is 13.1. The Morgan fingerprint density at radius 1 is 1.37 bits per heavy atom. The maximum absolute atomic E-state index is 12.6. The SMILES string of the molecule is COc1ccc(NC(=O)CN(Cc2ccco2)C2CCCC2)c([N+](=O)[O-])c1. The molecule has 1 heterocycles. The summed E-state index contributed by atoms with van der Waals surface area (Å²) < 4.78 is 10.4. The zero-order valence-electron chi connectivity index (χ0n) is 15.2. The standard InChI is InChI=1S/C19H23N3O5/c1-26-15-8-9-17(18(11-15)22(24)25)20-19(23)13-21(14-5-2-3-6-14)12-16-7-4-10-27-16/h4,7-11,14H,2-3,5-6,12-13H2,1H3,(H,20,23). The van der Waals surface area contributed by atoms with Crippen LogP contribution in [0.4, 0.5) is 11.4 Å². The highest BCUT2D eigenvalue weighted by atomic mass is 16.6. The second kappa shape index (κ2) is 8.68. The van der Waals surface area contributed by atoms with Crippen molar-refractivity contribution < 1.29 is 18.9 Å². The number of nitro benzene ring substituents is 1. The van der Waals surface area contributed by atoms with E-state index < -0.39 is 4.92 Å². The molecule has 144 valence electrons. The number of hydrogen-bond acceptors (Lipinski definition) is 6. The lowest BCUT2D eigenvalue weighted by Crippen LogP contribution is -2.39. The molecule has 1 saturated carbocycles. The third-order valence-corrected chi connectivity index (χ3v) is 4.80. The van der Waals surface area contributed by atoms with Gasteiger partial charge >= 0.3 is 0 Å². The minimum atomic E-state index is -0.532. The van der Waals surface area contributed by atoms with E-state index >= 15 is 0 Å². The van der Waals surface area contributed by atoms with E-state index in [1.54, 1.807) is 12.3 Å². The highest BCUT2D eigenvalue weighted by molar-refractivity contribution is 5.94. The molecule has 0 aliphatic heterocycles. The molecule has 1 aliphatic carbocycles. The molecule has 8 nitrogen and oxygen atoms in total. The number of amides is 1. The summed E-state index contributed by atoms with van der Waals surface area (Å²) in [5.74, 6) is 0.872. The molecule has 0 bridgehead atoms. The van der Waals surface area contributed by atoms with Gasteiger partial charge in [0.15, 0.2) is 0 Å². The van der Waals surface area contributed by atoms with Crippen molar-refractivity contribution in [2.75, 3.05) is 19.0 Å². The summed E-state index contributed by atoms with van der Waals surface area (Å²) in [6, 6.07) is 8.39. The van der Waals surface area contributed by atoms with Gasteiger partial charge < -0.3 is 14.5 Å². The van der Waals surface area contributed by atoms with Gasteiger partial charge in [-0.15, -0.1) is 0 Å². The Morgan fingerprint density at radius 3 is 2.78 bits per heavy atom. The molecule has 0 atom stereocenters. The summed E-state index contributed by atoms with van der Waals surface area (Å²) in [5.41, 5.74) is -0.0312. The van der Waals surface area contributed by atoms with Crippen LogP contribution in [0.15, 0.2) is 41.0 Å². The molecule has 0 saturated heterocycles. The lowest BCUT2D eigenvalue weighted by molar-refractivity contribution is -0.384. The van der Waals surface area contributed by atoms with E-state index in [0.29, 0.717) is 18.3 Å². The van der Waals surface area contributed by atoms with Gasteiger partial charge in [0.25, 0.3) is 5.69 Å². The Kier molecular flexibility index (Phi) is 6.08. The van der Waals surface area contributed by atoms with Gasteiger partial charge in [-0.3, -0.25) is 19.8 Å². The van der Waals surface area contributed by atoms with E-state index in [-0.39, 0.29) is 23.8 Å². The van der Waals surface area contributed by atoms with Gasteiger partial charge in [0.1, 0.15) is 17.2 Å². The van der Waals surface area contributed by atoms with Crippen LogP contribution in [0.1, 0.15) is 31.4 Å². The highest BCUT2D eigenvalue weighted by Crippen LogP contribution is 2.29. The Balaban J connectivity index is 1.71. The summed E-state index contributed by atoms with van der Waals surface area (Å²) in [6.07, 6.45) is 5.98. The predicted molar refractivity (Wildman–Crippen MR) is 99.7 cm³/mol. The minimum absolute atomic E-state index is 0.147. The Bertz CT molecular complexity index is 785. The molecule has 1 aromatic carbocycles. The number of furan rings is 1. The van der Waals surface area contributed by atoms with E-state index in [1.807, 2.05) is 12.1 Å².